The molecule has 84 valence electrons. The van der Waals surface area contributed by atoms with Gasteiger partial charge in [0.1, 0.15) is 5.82 Å². The number of nitrogens with zero attached hydrogens (tertiary/aromatic N) is 2. The molecule has 0 bridgehead atoms. The SMILES string of the molecule is CSCCN(C)c1ccc([C@@H](C)N)cn1. The molecule has 0 aliphatic carbocycles. The lowest BCUT2D eigenvalue weighted by Gasteiger charge is -2.18. The Morgan fingerprint density at radius 2 is 2.27 bits per heavy atom. The molecule has 1 aromatic heterocycles. The molecule has 1 aromatic rings. The Kier molecular flexibility index (Phi) is 4.91. The minimum Gasteiger partial charge on any atom is -0.359 e. The van der Waals surface area contributed by atoms with Crippen molar-refractivity contribution in [2.75, 3.05) is 30.5 Å². The van der Waals surface area contributed by atoms with Gasteiger partial charge in [-0.25, -0.2) is 4.98 Å². The van der Waals surface area contributed by atoms with E-state index in [4.69, 9.17) is 5.73 Å². The predicted molar refractivity (Wildman–Crippen MR) is 68.5 cm³/mol. The van der Waals surface area contributed by atoms with Gasteiger partial charge in [-0.05, 0) is 24.8 Å². The zero-order valence-electron chi connectivity index (χ0n) is 9.60. The first-order valence-corrected chi connectivity index (χ1v) is 6.46. The van der Waals surface area contributed by atoms with Crippen molar-refractivity contribution in [3.05, 3.63) is 23.9 Å². The molecule has 0 aliphatic heterocycles. The van der Waals surface area contributed by atoms with Crippen molar-refractivity contribution in [1.82, 2.24) is 4.98 Å². The van der Waals surface area contributed by atoms with E-state index in [1.54, 1.807) is 0 Å². The highest BCUT2D eigenvalue weighted by molar-refractivity contribution is 7.98. The summed E-state index contributed by atoms with van der Waals surface area (Å²) >= 11 is 1.84. The molecular weight excluding hydrogens is 206 g/mol. The first-order chi connectivity index (χ1) is 7.15. The van der Waals surface area contributed by atoms with Crippen LogP contribution in [0.3, 0.4) is 0 Å². The zero-order valence-corrected chi connectivity index (χ0v) is 10.4. The van der Waals surface area contributed by atoms with Crippen molar-refractivity contribution in [3.8, 4) is 0 Å². The summed E-state index contributed by atoms with van der Waals surface area (Å²) in [6.45, 7) is 2.99. The predicted octanol–water partition coefficient (Wildman–Crippen LogP) is 1.90. The van der Waals surface area contributed by atoms with Crippen molar-refractivity contribution in [1.29, 1.82) is 0 Å². The molecule has 0 unspecified atom stereocenters. The normalized spacial score (nSPS) is 12.5. The third-order valence-corrected chi connectivity index (χ3v) is 2.91. The summed E-state index contributed by atoms with van der Waals surface area (Å²) in [5, 5.41) is 0. The third-order valence-electron chi connectivity index (χ3n) is 2.32. The molecule has 1 atom stereocenters. The monoisotopic (exact) mass is 225 g/mol. The highest BCUT2D eigenvalue weighted by atomic mass is 32.2. The molecule has 0 radical (unpaired) electrons. The Balaban J connectivity index is 2.62. The fourth-order valence-electron chi connectivity index (χ4n) is 1.24. The van der Waals surface area contributed by atoms with Gasteiger partial charge in [0.05, 0.1) is 0 Å². The van der Waals surface area contributed by atoms with Crippen molar-refractivity contribution in [2.45, 2.75) is 13.0 Å². The van der Waals surface area contributed by atoms with E-state index >= 15 is 0 Å². The van der Waals surface area contributed by atoms with E-state index in [1.807, 2.05) is 37.0 Å². The number of hydrogen-bond donors (Lipinski definition) is 1. The maximum atomic E-state index is 5.76. The summed E-state index contributed by atoms with van der Waals surface area (Å²) in [4.78, 5) is 6.54. The number of aromatic nitrogens is 1. The number of nitrogens with two attached hydrogens (primary N) is 1. The fraction of sp³-hybridized carbons (Fsp3) is 0.545. The first-order valence-electron chi connectivity index (χ1n) is 5.06. The quantitative estimate of drug-likeness (QED) is 0.831. The van der Waals surface area contributed by atoms with Crippen molar-refractivity contribution in [2.24, 2.45) is 5.73 Å². The lowest BCUT2D eigenvalue weighted by Crippen LogP contribution is -2.21. The Bertz CT molecular complexity index is 284. The van der Waals surface area contributed by atoms with Crippen molar-refractivity contribution in [3.63, 3.8) is 0 Å². The molecule has 3 nitrogen and oxygen atoms in total. The lowest BCUT2D eigenvalue weighted by atomic mass is 10.1. The van der Waals surface area contributed by atoms with Crippen LogP contribution >= 0.6 is 11.8 Å². The van der Waals surface area contributed by atoms with Gasteiger partial charge in [0.25, 0.3) is 0 Å². The van der Waals surface area contributed by atoms with Gasteiger partial charge < -0.3 is 10.6 Å². The van der Waals surface area contributed by atoms with Crippen LogP contribution in [0.2, 0.25) is 0 Å². The molecule has 0 fully saturated rings. The standard InChI is InChI=1S/C11H19N3S/c1-9(12)10-4-5-11(13-8-10)14(2)6-7-15-3/h4-5,8-9H,6-7,12H2,1-3H3/t9-/m1/s1. The smallest absolute Gasteiger partial charge is 0.128 e. The maximum Gasteiger partial charge on any atom is 0.128 e. The lowest BCUT2D eigenvalue weighted by molar-refractivity contribution is 0.809. The summed E-state index contributed by atoms with van der Waals surface area (Å²) in [5.74, 6) is 2.13. The van der Waals surface area contributed by atoms with Crippen LogP contribution in [0.1, 0.15) is 18.5 Å². The molecule has 15 heavy (non-hydrogen) atoms. The van der Waals surface area contributed by atoms with Crippen molar-refractivity contribution < 1.29 is 0 Å². The van der Waals surface area contributed by atoms with Crippen LogP contribution in [0.15, 0.2) is 18.3 Å². The summed E-state index contributed by atoms with van der Waals surface area (Å²) < 4.78 is 0. The van der Waals surface area contributed by atoms with E-state index in [1.165, 1.54) is 0 Å². The average Bonchev–Trinajstić information content (AvgIpc) is 2.26. The highest BCUT2D eigenvalue weighted by Crippen LogP contribution is 2.13. The topological polar surface area (TPSA) is 42.1 Å². The number of hydrogen-bond acceptors (Lipinski definition) is 4. The van der Waals surface area contributed by atoms with Gasteiger partial charge in [0, 0.05) is 31.6 Å². The number of anilines is 1. The molecular formula is C11H19N3S. The molecule has 4 heteroatoms. The van der Waals surface area contributed by atoms with E-state index in [0.29, 0.717) is 0 Å². The Hall–Kier alpha value is -0.740. The van der Waals surface area contributed by atoms with Gasteiger partial charge in [-0.15, -0.1) is 0 Å². The summed E-state index contributed by atoms with van der Waals surface area (Å²) in [6, 6.07) is 4.13. The molecule has 0 saturated heterocycles. The number of rotatable bonds is 5. The Morgan fingerprint density at radius 1 is 1.53 bits per heavy atom. The molecule has 2 N–H and O–H groups in total. The van der Waals surface area contributed by atoms with Crippen molar-refractivity contribution >= 4 is 17.6 Å². The zero-order chi connectivity index (χ0) is 11.3. The fourth-order valence-corrected chi connectivity index (χ4v) is 1.69. The Morgan fingerprint density at radius 3 is 2.73 bits per heavy atom. The molecule has 0 spiro atoms. The van der Waals surface area contributed by atoms with Crippen LogP contribution in [-0.4, -0.2) is 30.6 Å². The van der Waals surface area contributed by atoms with Crippen LogP contribution in [0, 0.1) is 0 Å². The van der Waals surface area contributed by atoms with E-state index in [9.17, 15) is 0 Å². The maximum absolute atomic E-state index is 5.76. The van der Waals surface area contributed by atoms with E-state index < -0.39 is 0 Å². The van der Waals surface area contributed by atoms with Gasteiger partial charge in [0.15, 0.2) is 0 Å². The Labute approximate surface area is 96.1 Å². The van der Waals surface area contributed by atoms with Crippen LogP contribution in [0.4, 0.5) is 5.82 Å². The van der Waals surface area contributed by atoms with E-state index in [0.717, 1.165) is 23.7 Å². The largest absolute Gasteiger partial charge is 0.359 e. The summed E-state index contributed by atoms with van der Waals surface area (Å²) in [7, 11) is 2.06. The van der Waals surface area contributed by atoms with Gasteiger partial charge in [-0.2, -0.15) is 11.8 Å². The molecule has 1 heterocycles. The first kappa shape index (κ1) is 12.3. The molecule has 0 aromatic carbocycles. The minimum absolute atomic E-state index is 0.0584. The molecule has 1 rings (SSSR count). The number of thioether (sulfide) groups is 1. The van der Waals surface area contributed by atoms with Crippen LogP contribution < -0.4 is 10.6 Å². The second kappa shape index (κ2) is 5.98. The average molecular weight is 225 g/mol. The van der Waals surface area contributed by atoms with Crippen LogP contribution in [0.5, 0.6) is 0 Å². The van der Waals surface area contributed by atoms with Gasteiger partial charge >= 0.3 is 0 Å². The second-order valence-corrected chi connectivity index (χ2v) is 4.64. The van der Waals surface area contributed by atoms with Crippen LogP contribution in [0.25, 0.3) is 0 Å². The van der Waals surface area contributed by atoms with Gasteiger partial charge in [-0.1, -0.05) is 6.07 Å². The van der Waals surface area contributed by atoms with E-state index in [2.05, 4.69) is 23.2 Å². The number of pyridine rings is 1. The second-order valence-electron chi connectivity index (χ2n) is 3.65. The van der Waals surface area contributed by atoms with E-state index in [-0.39, 0.29) is 6.04 Å². The molecule has 0 amide bonds. The highest BCUT2D eigenvalue weighted by Gasteiger charge is 2.03. The summed E-state index contributed by atoms with van der Waals surface area (Å²) in [6.07, 6.45) is 3.97. The van der Waals surface area contributed by atoms with Crippen LogP contribution in [-0.2, 0) is 0 Å². The summed E-state index contributed by atoms with van der Waals surface area (Å²) in [5.41, 5.74) is 6.84. The third kappa shape index (κ3) is 3.72. The van der Waals surface area contributed by atoms with Gasteiger partial charge in [0.2, 0.25) is 0 Å². The van der Waals surface area contributed by atoms with Gasteiger partial charge in [-0.3, -0.25) is 0 Å². The minimum atomic E-state index is 0.0584. The molecule has 0 saturated carbocycles. The molecule has 0 aliphatic rings.